The molecule has 2 aromatic carbocycles. The van der Waals surface area contributed by atoms with Crippen LogP contribution in [0.5, 0.6) is 5.75 Å². The van der Waals surface area contributed by atoms with Crippen molar-refractivity contribution in [3.8, 4) is 28.6 Å². The van der Waals surface area contributed by atoms with Crippen LogP contribution in [0.2, 0.25) is 10.0 Å². The molecule has 0 aliphatic carbocycles. The predicted molar refractivity (Wildman–Crippen MR) is 81.7 cm³/mol. The Morgan fingerprint density at radius 3 is 2.76 bits per heavy atom. The largest absolute Gasteiger partial charge is 0.497 e. The van der Waals surface area contributed by atoms with Crippen LogP contribution in [-0.2, 0) is 0 Å². The molecule has 6 heteroatoms. The topological polar surface area (TPSA) is 48.2 Å². The molecule has 3 rings (SSSR count). The molecule has 0 atom stereocenters. The molecule has 0 bridgehead atoms. The normalized spacial score (nSPS) is 10.6. The Morgan fingerprint density at radius 1 is 1.10 bits per heavy atom. The first kappa shape index (κ1) is 13.9. The molecular weight excluding hydrogens is 311 g/mol. The van der Waals surface area contributed by atoms with Gasteiger partial charge in [-0.25, -0.2) is 0 Å². The predicted octanol–water partition coefficient (Wildman–Crippen LogP) is 4.72. The van der Waals surface area contributed by atoms with E-state index in [0.717, 1.165) is 11.3 Å². The fourth-order valence-electron chi connectivity index (χ4n) is 1.87. The third-order valence-corrected chi connectivity index (χ3v) is 3.48. The van der Waals surface area contributed by atoms with Gasteiger partial charge in [0.1, 0.15) is 5.75 Å². The summed E-state index contributed by atoms with van der Waals surface area (Å²) < 4.78 is 10.4. The van der Waals surface area contributed by atoms with Gasteiger partial charge in [-0.3, -0.25) is 0 Å². The molecular formula is C15H10Cl2N2O2. The molecule has 0 saturated carbocycles. The average Bonchev–Trinajstić information content (AvgIpc) is 2.99. The van der Waals surface area contributed by atoms with Crippen LogP contribution in [0.15, 0.2) is 47.0 Å². The van der Waals surface area contributed by atoms with Crippen LogP contribution in [0, 0.1) is 0 Å². The summed E-state index contributed by atoms with van der Waals surface area (Å²) >= 11 is 12.1. The molecule has 0 unspecified atom stereocenters. The third kappa shape index (κ3) is 2.86. The quantitative estimate of drug-likeness (QED) is 0.700. The van der Waals surface area contributed by atoms with E-state index in [1.165, 1.54) is 0 Å². The summed E-state index contributed by atoms with van der Waals surface area (Å²) in [7, 11) is 1.60. The molecule has 0 radical (unpaired) electrons. The number of ether oxygens (including phenoxy) is 1. The highest BCUT2D eigenvalue weighted by atomic mass is 35.5. The van der Waals surface area contributed by atoms with Crippen LogP contribution in [0.25, 0.3) is 22.8 Å². The lowest BCUT2D eigenvalue weighted by atomic mass is 10.2. The summed E-state index contributed by atoms with van der Waals surface area (Å²) in [5.74, 6) is 1.50. The maximum Gasteiger partial charge on any atom is 0.259 e. The number of methoxy groups -OCH3 is 1. The van der Waals surface area contributed by atoms with Gasteiger partial charge in [0, 0.05) is 10.6 Å². The van der Waals surface area contributed by atoms with Crippen molar-refractivity contribution < 1.29 is 9.26 Å². The van der Waals surface area contributed by atoms with Crippen LogP contribution in [0.3, 0.4) is 0 Å². The van der Waals surface area contributed by atoms with Crippen molar-refractivity contribution in [3.05, 3.63) is 52.5 Å². The van der Waals surface area contributed by atoms with Gasteiger partial charge in [-0.15, -0.1) is 0 Å². The Labute approximate surface area is 131 Å². The Kier molecular flexibility index (Phi) is 3.82. The summed E-state index contributed by atoms with van der Waals surface area (Å²) in [6.45, 7) is 0. The number of rotatable bonds is 3. The lowest BCUT2D eigenvalue weighted by Gasteiger charge is -2.00. The monoisotopic (exact) mass is 320 g/mol. The highest BCUT2D eigenvalue weighted by Gasteiger charge is 2.14. The van der Waals surface area contributed by atoms with E-state index in [0.29, 0.717) is 27.3 Å². The molecule has 0 aliphatic heterocycles. The molecule has 21 heavy (non-hydrogen) atoms. The van der Waals surface area contributed by atoms with Crippen molar-refractivity contribution in [2.24, 2.45) is 0 Å². The molecule has 0 amide bonds. The number of hydrogen-bond acceptors (Lipinski definition) is 4. The molecule has 106 valence electrons. The van der Waals surface area contributed by atoms with E-state index in [4.69, 9.17) is 32.5 Å². The van der Waals surface area contributed by atoms with Crippen molar-refractivity contribution >= 4 is 23.2 Å². The summed E-state index contributed by atoms with van der Waals surface area (Å²) in [6.07, 6.45) is 0. The van der Waals surface area contributed by atoms with E-state index in [1.807, 2.05) is 24.3 Å². The van der Waals surface area contributed by atoms with E-state index < -0.39 is 0 Å². The summed E-state index contributed by atoms with van der Waals surface area (Å²) in [6, 6.07) is 12.5. The van der Waals surface area contributed by atoms with Gasteiger partial charge < -0.3 is 9.26 Å². The van der Waals surface area contributed by atoms with Gasteiger partial charge in [-0.05, 0) is 30.3 Å². The van der Waals surface area contributed by atoms with Crippen LogP contribution in [-0.4, -0.2) is 17.3 Å². The van der Waals surface area contributed by atoms with Crippen molar-refractivity contribution in [1.82, 2.24) is 10.1 Å². The summed E-state index contributed by atoms with van der Waals surface area (Å²) in [5.41, 5.74) is 1.40. The second-order valence-corrected chi connectivity index (χ2v) is 5.12. The van der Waals surface area contributed by atoms with E-state index in [9.17, 15) is 0 Å². The number of aromatic nitrogens is 2. The first-order valence-corrected chi connectivity index (χ1v) is 6.86. The molecule has 0 fully saturated rings. The van der Waals surface area contributed by atoms with Gasteiger partial charge in [0.15, 0.2) is 0 Å². The Balaban J connectivity index is 2.01. The zero-order valence-electron chi connectivity index (χ0n) is 11.0. The van der Waals surface area contributed by atoms with Crippen molar-refractivity contribution in [1.29, 1.82) is 0 Å². The van der Waals surface area contributed by atoms with Gasteiger partial charge in [0.05, 0.1) is 17.7 Å². The molecule has 3 aromatic rings. The number of benzene rings is 2. The van der Waals surface area contributed by atoms with E-state index in [1.54, 1.807) is 25.3 Å². The van der Waals surface area contributed by atoms with Crippen molar-refractivity contribution in [3.63, 3.8) is 0 Å². The molecule has 0 saturated heterocycles. The lowest BCUT2D eigenvalue weighted by Crippen LogP contribution is -1.85. The number of hydrogen-bond donors (Lipinski definition) is 0. The van der Waals surface area contributed by atoms with E-state index >= 15 is 0 Å². The third-order valence-electron chi connectivity index (χ3n) is 2.91. The fourth-order valence-corrected chi connectivity index (χ4v) is 2.24. The lowest BCUT2D eigenvalue weighted by molar-refractivity contribution is 0.414. The van der Waals surface area contributed by atoms with Crippen LogP contribution < -0.4 is 4.74 Å². The second-order valence-electron chi connectivity index (χ2n) is 4.28. The Hall–Kier alpha value is -2.04. The molecule has 0 spiro atoms. The molecule has 1 heterocycles. The highest BCUT2D eigenvalue weighted by molar-refractivity contribution is 6.35. The first-order chi connectivity index (χ1) is 10.2. The minimum atomic E-state index is 0.320. The molecule has 0 aliphatic rings. The average molecular weight is 321 g/mol. The zero-order valence-corrected chi connectivity index (χ0v) is 12.5. The first-order valence-electron chi connectivity index (χ1n) is 6.11. The Morgan fingerprint density at radius 2 is 1.95 bits per heavy atom. The van der Waals surface area contributed by atoms with Crippen molar-refractivity contribution in [2.75, 3.05) is 7.11 Å². The fraction of sp³-hybridized carbons (Fsp3) is 0.0667. The number of nitrogens with zero attached hydrogens (tertiary/aromatic N) is 2. The minimum absolute atomic E-state index is 0.320. The van der Waals surface area contributed by atoms with Gasteiger partial charge >= 0.3 is 0 Å². The van der Waals surface area contributed by atoms with Crippen LogP contribution in [0.1, 0.15) is 0 Å². The van der Waals surface area contributed by atoms with Gasteiger partial charge in [-0.1, -0.05) is 40.5 Å². The van der Waals surface area contributed by atoms with E-state index in [2.05, 4.69) is 10.1 Å². The maximum atomic E-state index is 6.13. The second kappa shape index (κ2) is 5.76. The van der Waals surface area contributed by atoms with Crippen LogP contribution in [0.4, 0.5) is 0 Å². The zero-order chi connectivity index (χ0) is 14.8. The number of halogens is 2. The SMILES string of the molecule is COc1cccc(-c2noc(-c3cc(Cl)ccc3Cl)n2)c1. The molecule has 4 nitrogen and oxygen atoms in total. The van der Waals surface area contributed by atoms with E-state index in [-0.39, 0.29) is 0 Å². The Bertz CT molecular complexity index is 787. The van der Waals surface area contributed by atoms with Gasteiger partial charge in [0.25, 0.3) is 5.89 Å². The van der Waals surface area contributed by atoms with Gasteiger partial charge in [0.2, 0.25) is 5.82 Å². The molecule has 0 N–H and O–H groups in total. The summed E-state index contributed by atoms with van der Waals surface area (Å²) in [4.78, 5) is 4.35. The highest BCUT2D eigenvalue weighted by Crippen LogP contribution is 2.31. The summed E-state index contributed by atoms with van der Waals surface area (Å²) in [5, 5.41) is 5.02. The maximum absolute atomic E-state index is 6.13. The van der Waals surface area contributed by atoms with Crippen LogP contribution >= 0.6 is 23.2 Å². The smallest absolute Gasteiger partial charge is 0.259 e. The van der Waals surface area contributed by atoms with Crippen molar-refractivity contribution in [2.45, 2.75) is 0 Å². The minimum Gasteiger partial charge on any atom is -0.497 e. The standard InChI is InChI=1S/C15H10Cl2N2O2/c1-20-11-4-2-3-9(7-11)14-18-15(21-19-14)12-8-10(16)5-6-13(12)17/h2-8H,1H3. The van der Waals surface area contributed by atoms with Gasteiger partial charge in [-0.2, -0.15) is 4.98 Å². The molecule has 1 aromatic heterocycles.